The minimum atomic E-state index is -0.503. The Bertz CT molecular complexity index is 1390. The first kappa shape index (κ1) is 22.6. The van der Waals surface area contributed by atoms with Crippen molar-refractivity contribution in [3.05, 3.63) is 87.7 Å². The maximum absolute atomic E-state index is 13.1. The summed E-state index contributed by atoms with van der Waals surface area (Å²) in [4.78, 5) is 29.8. The van der Waals surface area contributed by atoms with E-state index in [4.69, 9.17) is 21.3 Å². The summed E-state index contributed by atoms with van der Waals surface area (Å²) in [6.45, 7) is 6.12. The number of carbonyl (C=O) groups excluding carboxylic acids is 2. The number of fused-ring (bicyclic) bond motifs is 1. The number of benzene rings is 2. The number of hydrogen-bond acceptors (Lipinski definition) is 4. The second kappa shape index (κ2) is 9.08. The van der Waals surface area contributed by atoms with E-state index in [1.54, 1.807) is 12.1 Å². The maximum atomic E-state index is 13.1. The highest BCUT2D eigenvalue weighted by Gasteiger charge is 2.19. The Balaban J connectivity index is 1.73. The molecule has 0 bridgehead atoms. The van der Waals surface area contributed by atoms with Gasteiger partial charge in [-0.15, -0.1) is 0 Å². The van der Waals surface area contributed by atoms with E-state index < -0.39 is 5.97 Å². The molecular formula is C26H24ClN3O3. The zero-order chi connectivity index (χ0) is 23.7. The molecule has 0 atom stereocenters. The summed E-state index contributed by atoms with van der Waals surface area (Å²) in [6, 6.07) is 14.7. The highest BCUT2D eigenvalue weighted by atomic mass is 35.5. The Kier molecular flexibility index (Phi) is 6.20. The van der Waals surface area contributed by atoms with E-state index in [0.717, 1.165) is 33.7 Å². The first-order valence-corrected chi connectivity index (χ1v) is 10.9. The van der Waals surface area contributed by atoms with Gasteiger partial charge in [0.1, 0.15) is 5.65 Å². The molecule has 7 heteroatoms. The Morgan fingerprint density at radius 1 is 1.03 bits per heavy atom. The predicted octanol–water partition coefficient (Wildman–Crippen LogP) is 5.55. The summed E-state index contributed by atoms with van der Waals surface area (Å²) in [5.74, 6) is -0.774. The molecule has 0 radical (unpaired) electrons. The number of aromatic nitrogens is 2. The molecule has 1 amide bonds. The number of pyridine rings is 1. The Labute approximate surface area is 197 Å². The minimum absolute atomic E-state index is 0.0751. The van der Waals surface area contributed by atoms with Crippen LogP contribution >= 0.6 is 11.6 Å². The van der Waals surface area contributed by atoms with Gasteiger partial charge in [-0.25, -0.2) is 9.78 Å². The number of nitrogens with zero attached hydrogens (tertiary/aromatic N) is 2. The molecule has 1 N–H and O–H groups in total. The number of ether oxygens (including phenoxy) is 1. The van der Waals surface area contributed by atoms with Gasteiger partial charge in [0.05, 0.1) is 41.2 Å². The Hall–Kier alpha value is -3.64. The van der Waals surface area contributed by atoms with E-state index in [9.17, 15) is 9.59 Å². The summed E-state index contributed by atoms with van der Waals surface area (Å²) >= 11 is 6.26. The number of hydrogen-bond donors (Lipinski definition) is 1. The lowest BCUT2D eigenvalue weighted by molar-refractivity contribution is -0.115. The third kappa shape index (κ3) is 4.47. The average molecular weight is 462 g/mol. The van der Waals surface area contributed by atoms with E-state index >= 15 is 0 Å². The van der Waals surface area contributed by atoms with E-state index in [1.807, 2.05) is 35.7 Å². The van der Waals surface area contributed by atoms with Crippen LogP contribution in [0.15, 0.2) is 54.7 Å². The molecule has 2 aromatic carbocycles. The quantitative estimate of drug-likeness (QED) is 0.395. The number of nitrogens with one attached hydrogen (secondary N) is 1. The number of aryl methyl sites for hydroxylation is 3. The number of anilines is 1. The topological polar surface area (TPSA) is 72.7 Å². The van der Waals surface area contributed by atoms with Crippen LogP contribution in [0.4, 0.5) is 5.69 Å². The zero-order valence-electron chi connectivity index (χ0n) is 18.9. The molecule has 2 heterocycles. The summed E-state index contributed by atoms with van der Waals surface area (Å²) in [5, 5.41) is 3.16. The van der Waals surface area contributed by atoms with Gasteiger partial charge in [-0.05, 0) is 67.8 Å². The highest BCUT2D eigenvalue weighted by Crippen LogP contribution is 2.29. The van der Waals surface area contributed by atoms with Crippen LogP contribution in [0.2, 0.25) is 5.02 Å². The number of amides is 1. The fourth-order valence-corrected chi connectivity index (χ4v) is 3.92. The standard InChI is InChI=1S/C26H24ClN3O3/c1-15-7-8-18(12-17(15)3)24-22(30-11-5-6-16(2)25(30)29-24)14-23(31)28-21-13-19(26(32)33-4)9-10-20(21)27/h5-13H,14H2,1-4H3,(H,28,31). The molecule has 0 aliphatic heterocycles. The molecule has 33 heavy (non-hydrogen) atoms. The maximum Gasteiger partial charge on any atom is 0.337 e. The third-order valence-corrected chi connectivity index (χ3v) is 6.04. The van der Waals surface area contributed by atoms with Gasteiger partial charge < -0.3 is 14.5 Å². The summed E-state index contributed by atoms with van der Waals surface area (Å²) < 4.78 is 6.71. The van der Waals surface area contributed by atoms with Crippen LogP contribution in [0.5, 0.6) is 0 Å². The van der Waals surface area contributed by atoms with Crippen molar-refractivity contribution in [2.45, 2.75) is 27.2 Å². The van der Waals surface area contributed by atoms with Crippen LogP contribution < -0.4 is 5.32 Å². The fourth-order valence-electron chi connectivity index (χ4n) is 3.75. The van der Waals surface area contributed by atoms with Crippen molar-refractivity contribution in [2.24, 2.45) is 0 Å². The smallest absolute Gasteiger partial charge is 0.337 e. The lowest BCUT2D eigenvalue weighted by atomic mass is 10.0. The van der Waals surface area contributed by atoms with Crippen LogP contribution in [0.1, 0.15) is 32.7 Å². The van der Waals surface area contributed by atoms with E-state index in [-0.39, 0.29) is 12.3 Å². The average Bonchev–Trinajstić information content (AvgIpc) is 3.16. The molecule has 168 valence electrons. The second-order valence-corrected chi connectivity index (χ2v) is 8.41. The van der Waals surface area contributed by atoms with Gasteiger partial charge in [0.2, 0.25) is 5.91 Å². The molecule has 0 aliphatic rings. The van der Waals surface area contributed by atoms with Crippen molar-refractivity contribution < 1.29 is 14.3 Å². The first-order chi connectivity index (χ1) is 15.8. The second-order valence-electron chi connectivity index (χ2n) is 8.00. The molecular weight excluding hydrogens is 438 g/mol. The van der Waals surface area contributed by atoms with Gasteiger partial charge in [-0.3, -0.25) is 4.79 Å². The van der Waals surface area contributed by atoms with Crippen molar-refractivity contribution in [3.63, 3.8) is 0 Å². The SMILES string of the molecule is COC(=O)c1ccc(Cl)c(NC(=O)Cc2c(-c3ccc(C)c(C)c3)nc3c(C)cccn23)c1. The molecule has 0 spiro atoms. The van der Waals surface area contributed by atoms with Crippen molar-refractivity contribution in [1.82, 2.24) is 9.38 Å². The predicted molar refractivity (Wildman–Crippen MR) is 130 cm³/mol. The van der Waals surface area contributed by atoms with Crippen LogP contribution in [-0.2, 0) is 16.0 Å². The summed E-state index contributed by atoms with van der Waals surface area (Å²) in [6.07, 6.45) is 1.99. The number of methoxy groups -OCH3 is 1. The van der Waals surface area contributed by atoms with Gasteiger partial charge in [0.25, 0.3) is 0 Å². The fraction of sp³-hybridized carbons (Fsp3) is 0.192. The number of rotatable bonds is 5. The van der Waals surface area contributed by atoms with Crippen LogP contribution in [-0.4, -0.2) is 28.4 Å². The largest absolute Gasteiger partial charge is 0.465 e. The molecule has 0 saturated carbocycles. The minimum Gasteiger partial charge on any atom is -0.465 e. The van der Waals surface area contributed by atoms with Gasteiger partial charge in [0, 0.05) is 11.8 Å². The van der Waals surface area contributed by atoms with Crippen LogP contribution in [0.3, 0.4) is 0 Å². The number of imidazole rings is 1. The molecule has 0 fully saturated rings. The molecule has 0 saturated heterocycles. The van der Waals surface area contributed by atoms with Crippen molar-refractivity contribution in [3.8, 4) is 11.3 Å². The monoisotopic (exact) mass is 461 g/mol. The van der Waals surface area contributed by atoms with Crippen molar-refractivity contribution >= 4 is 34.8 Å². The molecule has 6 nitrogen and oxygen atoms in total. The third-order valence-electron chi connectivity index (χ3n) is 5.71. The van der Waals surface area contributed by atoms with E-state index in [1.165, 1.54) is 18.7 Å². The normalized spacial score (nSPS) is 10.9. The Morgan fingerprint density at radius 2 is 1.82 bits per heavy atom. The lowest BCUT2D eigenvalue weighted by Gasteiger charge is -2.11. The molecule has 4 rings (SSSR count). The number of halogens is 1. The van der Waals surface area contributed by atoms with Gasteiger partial charge in [-0.1, -0.05) is 29.8 Å². The lowest BCUT2D eigenvalue weighted by Crippen LogP contribution is -2.17. The number of carbonyl (C=O) groups is 2. The summed E-state index contributed by atoms with van der Waals surface area (Å²) in [7, 11) is 1.30. The van der Waals surface area contributed by atoms with Gasteiger partial charge >= 0.3 is 5.97 Å². The van der Waals surface area contributed by atoms with E-state index in [0.29, 0.717) is 16.3 Å². The molecule has 2 aromatic heterocycles. The van der Waals surface area contributed by atoms with Crippen LogP contribution in [0, 0.1) is 20.8 Å². The summed E-state index contributed by atoms with van der Waals surface area (Å²) in [5.41, 5.74) is 7.31. The molecule has 4 aromatic rings. The molecule has 0 aliphatic carbocycles. The van der Waals surface area contributed by atoms with Crippen molar-refractivity contribution in [1.29, 1.82) is 0 Å². The Morgan fingerprint density at radius 3 is 2.55 bits per heavy atom. The first-order valence-electron chi connectivity index (χ1n) is 10.5. The highest BCUT2D eigenvalue weighted by molar-refractivity contribution is 6.33. The van der Waals surface area contributed by atoms with Gasteiger partial charge in [-0.2, -0.15) is 0 Å². The van der Waals surface area contributed by atoms with Crippen LogP contribution in [0.25, 0.3) is 16.9 Å². The number of esters is 1. The molecule has 0 unspecified atom stereocenters. The zero-order valence-corrected chi connectivity index (χ0v) is 19.7. The van der Waals surface area contributed by atoms with E-state index in [2.05, 4.69) is 31.3 Å². The van der Waals surface area contributed by atoms with Gasteiger partial charge in [0.15, 0.2) is 0 Å². The van der Waals surface area contributed by atoms with Crippen molar-refractivity contribution in [2.75, 3.05) is 12.4 Å².